The fourth-order valence-electron chi connectivity index (χ4n) is 0.447. The van der Waals surface area contributed by atoms with Crippen molar-refractivity contribution in [2.75, 3.05) is 20.6 Å². The summed E-state index contributed by atoms with van der Waals surface area (Å²) in [6.45, 7) is 10.0. The van der Waals surface area contributed by atoms with Gasteiger partial charge in [-0.25, -0.2) is 0 Å². The van der Waals surface area contributed by atoms with Crippen LogP contribution in [0, 0.1) is 6.54 Å². The van der Waals surface area contributed by atoms with E-state index in [1.54, 1.807) is 6.54 Å². The van der Waals surface area contributed by atoms with Crippen LogP contribution in [-0.2, 0) is 32.7 Å². The van der Waals surface area contributed by atoms with E-state index in [9.17, 15) is 0 Å². The van der Waals surface area contributed by atoms with Crippen molar-refractivity contribution in [3.05, 3.63) is 6.54 Å². The summed E-state index contributed by atoms with van der Waals surface area (Å²) in [6, 6.07) is 0. The monoisotopic (exact) mass is 232 g/mol. The molecule has 65 valence electrons. The van der Waals surface area contributed by atoms with Gasteiger partial charge in [0.25, 0.3) is 0 Å². The van der Waals surface area contributed by atoms with Gasteiger partial charge in [0.2, 0.25) is 0 Å². The molecule has 0 aliphatic carbocycles. The standard InChI is InChI=1S/C5H13N.C3H6N.Y/c1-4-5-6(2)3;1-3-4-2;/h4-5H2,1-3H3;3H,2H2,1H3;/q;-1;. The second-order valence-corrected chi connectivity index (χ2v) is 2.24. The minimum absolute atomic E-state index is 0. The van der Waals surface area contributed by atoms with Gasteiger partial charge in [-0.05, 0) is 27.1 Å². The zero-order valence-electron chi connectivity index (χ0n) is 8.17. The Hall–Kier alpha value is 0.604. The van der Waals surface area contributed by atoms with Crippen molar-refractivity contribution in [2.45, 2.75) is 20.3 Å². The van der Waals surface area contributed by atoms with Gasteiger partial charge in [-0.2, -0.15) is 13.3 Å². The average Bonchev–Trinajstić information content (AvgIpc) is 1.89. The Kier molecular flexibility index (Phi) is 27.1. The maximum Gasteiger partial charge on any atom is 0 e. The minimum atomic E-state index is 0. The minimum Gasteiger partial charge on any atom is -0.461 e. The fourth-order valence-corrected chi connectivity index (χ4v) is 0.447. The van der Waals surface area contributed by atoms with Gasteiger partial charge in [-0.15, -0.1) is 0 Å². The molecule has 0 aliphatic heterocycles. The maximum atomic E-state index is 3.36. The molecule has 1 radical (unpaired) electrons. The van der Waals surface area contributed by atoms with Crippen LogP contribution in [0.5, 0.6) is 0 Å². The molecule has 0 spiro atoms. The SMILES string of the molecule is C=N[CH-]C.CCCN(C)C.[Y]. The summed E-state index contributed by atoms with van der Waals surface area (Å²) in [5, 5.41) is 0. The van der Waals surface area contributed by atoms with E-state index in [1.165, 1.54) is 13.0 Å². The van der Waals surface area contributed by atoms with Gasteiger partial charge >= 0.3 is 0 Å². The Labute approximate surface area is 96.3 Å². The predicted molar refractivity (Wildman–Crippen MR) is 48.4 cm³/mol. The maximum absolute atomic E-state index is 3.36. The van der Waals surface area contributed by atoms with Gasteiger partial charge in [0, 0.05) is 32.7 Å². The second-order valence-electron chi connectivity index (χ2n) is 2.24. The third-order valence-electron chi connectivity index (χ3n) is 0.853. The first kappa shape index (κ1) is 17.6. The molecule has 0 aromatic rings. The summed E-state index contributed by atoms with van der Waals surface area (Å²) >= 11 is 0. The number of rotatable bonds is 3. The average molecular weight is 232 g/mol. The van der Waals surface area contributed by atoms with Crippen molar-refractivity contribution in [2.24, 2.45) is 4.99 Å². The molecule has 0 fully saturated rings. The molecule has 0 amide bonds. The van der Waals surface area contributed by atoms with Gasteiger partial charge in [0.05, 0.1) is 0 Å². The Bertz CT molecular complexity index is 65.1. The molecule has 0 heterocycles. The van der Waals surface area contributed by atoms with E-state index in [1.807, 2.05) is 6.92 Å². The third kappa shape index (κ3) is 37.0. The van der Waals surface area contributed by atoms with Crippen molar-refractivity contribution in [1.29, 1.82) is 0 Å². The summed E-state index contributed by atoms with van der Waals surface area (Å²) < 4.78 is 0. The molecule has 0 bridgehead atoms. The summed E-state index contributed by atoms with van der Waals surface area (Å²) in [6.07, 6.45) is 1.26. The molecule has 0 saturated carbocycles. The predicted octanol–water partition coefficient (Wildman–Crippen LogP) is 1.82. The van der Waals surface area contributed by atoms with Crippen LogP contribution < -0.4 is 0 Å². The number of nitrogens with zero attached hydrogens (tertiary/aromatic N) is 2. The zero-order chi connectivity index (χ0) is 8.41. The first-order chi connectivity index (χ1) is 4.68. The van der Waals surface area contributed by atoms with Crippen molar-refractivity contribution in [1.82, 2.24) is 4.90 Å². The molecule has 0 unspecified atom stereocenters. The second kappa shape index (κ2) is 16.9. The van der Waals surface area contributed by atoms with Crippen LogP contribution in [0.2, 0.25) is 0 Å². The largest absolute Gasteiger partial charge is 0.461 e. The van der Waals surface area contributed by atoms with E-state index in [0.29, 0.717) is 0 Å². The smallest absolute Gasteiger partial charge is 0 e. The number of hydrogen-bond acceptors (Lipinski definition) is 2. The molecule has 11 heavy (non-hydrogen) atoms. The summed E-state index contributed by atoms with van der Waals surface area (Å²) in [5.41, 5.74) is 0. The van der Waals surface area contributed by atoms with Crippen LogP contribution in [0.1, 0.15) is 20.3 Å². The Morgan fingerprint density at radius 2 is 1.82 bits per heavy atom. The van der Waals surface area contributed by atoms with Crippen LogP contribution in [-0.4, -0.2) is 32.3 Å². The van der Waals surface area contributed by atoms with Crippen molar-refractivity contribution < 1.29 is 32.7 Å². The van der Waals surface area contributed by atoms with Crippen molar-refractivity contribution >= 4 is 6.72 Å². The first-order valence-electron chi connectivity index (χ1n) is 3.57. The summed E-state index contributed by atoms with van der Waals surface area (Å²) in [7, 11) is 4.17. The number of hydrogen-bond donors (Lipinski definition) is 0. The van der Waals surface area contributed by atoms with Crippen LogP contribution in [0.25, 0.3) is 0 Å². The molecular formula is C8H19N2Y-. The molecule has 0 aromatic carbocycles. The van der Waals surface area contributed by atoms with Gasteiger partial charge < -0.3 is 9.89 Å². The normalized spacial score (nSPS) is 7.36. The van der Waals surface area contributed by atoms with Crippen LogP contribution >= 0.6 is 0 Å². The Morgan fingerprint density at radius 1 is 1.45 bits per heavy atom. The van der Waals surface area contributed by atoms with Gasteiger partial charge in [-0.3, -0.25) is 0 Å². The van der Waals surface area contributed by atoms with E-state index in [-0.39, 0.29) is 32.7 Å². The van der Waals surface area contributed by atoms with E-state index in [0.717, 1.165) is 0 Å². The number of aliphatic imine (C=N–C) groups is 1. The molecule has 2 nitrogen and oxygen atoms in total. The zero-order valence-corrected chi connectivity index (χ0v) is 11.0. The van der Waals surface area contributed by atoms with Crippen LogP contribution in [0.15, 0.2) is 4.99 Å². The van der Waals surface area contributed by atoms with Gasteiger partial charge in [0.15, 0.2) is 0 Å². The molecule has 0 rings (SSSR count). The van der Waals surface area contributed by atoms with E-state index in [4.69, 9.17) is 0 Å². The van der Waals surface area contributed by atoms with E-state index in [2.05, 4.69) is 37.6 Å². The van der Waals surface area contributed by atoms with Crippen LogP contribution in [0.3, 0.4) is 0 Å². The first-order valence-corrected chi connectivity index (χ1v) is 3.57. The summed E-state index contributed by atoms with van der Waals surface area (Å²) in [4.78, 5) is 5.54. The molecular weight excluding hydrogens is 213 g/mol. The molecule has 3 heteroatoms. The topological polar surface area (TPSA) is 15.6 Å². The Balaban J connectivity index is -0.000000114. The van der Waals surface area contributed by atoms with Gasteiger partial charge in [-0.1, -0.05) is 13.8 Å². The Morgan fingerprint density at radius 3 is 1.82 bits per heavy atom. The molecule has 0 N–H and O–H groups in total. The van der Waals surface area contributed by atoms with Crippen molar-refractivity contribution in [3.63, 3.8) is 0 Å². The van der Waals surface area contributed by atoms with E-state index < -0.39 is 0 Å². The molecule has 0 atom stereocenters. The molecule has 0 aliphatic rings. The molecule has 0 aromatic heterocycles. The van der Waals surface area contributed by atoms with Crippen molar-refractivity contribution in [3.8, 4) is 0 Å². The fraction of sp³-hybridized carbons (Fsp3) is 0.750. The quantitative estimate of drug-likeness (QED) is 0.535. The van der Waals surface area contributed by atoms with Crippen LogP contribution in [0.4, 0.5) is 0 Å². The third-order valence-corrected chi connectivity index (χ3v) is 0.853. The van der Waals surface area contributed by atoms with E-state index >= 15 is 0 Å². The van der Waals surface area contributed by atoms with Gasteiger partial charge in [0.1, 0.15) is 0 Å². The molecule has 0 saturated heterocycles. The summed E-state index contributed by atoms with van der Waals surface area (Å²) in [5.74, 6) is 0.